The molecule has 4 fully saturated rings. The number of hydrogen-bond acceptors (Lipinski definition) is 3. The average molecular weight is 328 g/mol. The largest absolute Gasteiger partial charge is 0.508 e. The molecule has 1 heterocycles. The highest BCUT2D eigenvalue weighted by Crippen LogP contribution is 2.67. The van der Waals surface area contributed by atoms with Gasteiger partial charge in [-0.25, -0.2) is 9.78 Å². The summed E-state index contributed by atoms with van der Waals surface area (Å²) in [6, 6.07) is 7.62. The summed E-state index contributed by atoms with van der Waals surface area (Å²) >= 11 is 0. The number of fused-ring (bicyclic) bond motifs is 2. The Morgan fingerprint density at radius 3 is 2.71 bits per heavy atom. The van der Waals surface area contributed by atoms with Crippen molar-refractivity contribution in [2.24, 2.45) is 23.7 Å². The smallest absolute Gasteiger partial charge is 0.158 e. The van der Waals surface area contributed by atoms with Gasteiger partial charge in [0.1, 0.15) is 11.4 Å². The van der Waals surface area contributed by atoms with Crippen LogP contribution in [0.5, 0.6) is 5.75 Å². The summed E-state index contributed by atoms with van der Waals surface area (Å²) in [6.07, 6.45) is 10.7. The van der Waals surface area contributed by atoms with E-state index in [1.807, 2.05) is 12.1 Å². The van der Waals surface area contributed by atoms with Gasteiger partial charge in [0.25, 0.3) is 0 Å². The number of benzene rings is 1. The van der Waals surface area contributed by atoms with E-state index < -0.39 is 5.60 Å². The van der Waals surface area contributed by atoms with Crippen molar-refractivity contribution in [2.75, 3.05) is 0 Å². The minimum absolute atomic E-state index is 0.183. The Morgan fingerprint density at radius 1 is 1.04 bits per heavy atom. The minimum Gasteiger partial charge on any atom is -0.508 e. The maximum atomic E-state index is 9.98. The summed E-state index contributed by atoms with van der Waals surface area (Å²) in [7, 11) is 0. The van der Waals surface area contributed by atoms with Gasteiger partial charge in [-0.3, -0.25) is 0 Å². The van der Waals surface area contributed by atoms with Crippen molar-refractivity contribution in [3.05, 3.63) is 29.8 Å². The van der Waals surface area contributed by atoms with Gasteiger partial charge in [-0.2, -0.15) is 0 Å². The summed E-state index contributed by atoms with van der Waals surface area (Å²) in [5.74, 6) is 3.22. The van der Waals surface area contributed by atoms with Crippen molar-refractivity contribution in [1.82, 2.24) is 0 Å². The van der Waals surface area contributed by atoms with Gasteiger partial charge < -0.3 is 5.11 Å². The lowest BCUT2D eigenvalue weighted by Crippen LogP contribution is -2.74. The maximum Gasteiger partial charge on any atom is 0.158 e. The van der Waals surface area contributed by atoms with Crippen LogP contribution < -0.4 is 0 Å². The molecule has 1 N–H and O–H groups in total. The van der Waals surface area contributed by atoms with Gasteiger partial charge in [-0.15, -0.1) is 0 Å². The molecular weight excluding hydrogens is 300 g/mol. The number of phenolic OH excluding ortho intramolecular Hbond substituents is 1. The third-order valence-corrected chi connectivity index (χ3v) is 7.79. The van der Waals surface area contributed by atoms with Gasteiger partial charge in [-0.1, -0.05) is 37.8 Å². The van der Waals surface area contributed by atoms with Crippen LogP contribution in [0.25, 0.3) is 0 Å². The molecule has 3 heteroatoms. The van der Waals surface area contributed by atoms with E-state index in [4.69, 9.17) is 9.78 Å². The van der Waals surface area contributed by atoms with Crippen molar-refractivity contribution >= 4 is 0 Å². The van der Waals surface area contributed by atoms with Crippen LogP contribution in [0, 0.1) is 23.7 Å². The molecule has 24 heavy (non-hydrogen) atoms. The Morgan fingerprint density at radius 2 is 1.92 bits per heavy atom. The van der Waals surface area contributed by atoms with E-state index >= 15 is 0 Å². The van der Waals surface area contributed by atoms with Crippen LogP contribution >= 0.6 is 0 Å². The highest BCUT2D eigenvalue weighted by atomic mass is 17.3. The molecule has 0 aromatic heterocycles. The lowest BCUT2D eigenvalue weighted by molar-refractivity contribution is -0.590. The van der Waals surface area contributed by atoms with Crippen LogP contribution in [0.15, 0.2) is 24.3 Å². The fraction of sp³-hybridized carbons (Fsp3) is 0.714. The fourth-order valence-corrected chi connectivity index (χ4v) is 6.78. The summed E-state index contributed by atoms with van der Waals surface area (Å²) in [4.78, 5) is 12.0. The minimum atomic E-state index is -0.427. The quantitative estimate of drug-likeness (QED) is 0.743. The van der Waals surface area contributed by atoms with Crippen molar-refractivity contribution < 1.29 is 14.9 Å². The molecule has 1 aliphatic heterocycles. The van der Waals surface area contributed by atoms with Crippen molar-refractivity contribution in [1.29, 1.82) is 0 Å². The molecule has 1 aromatic rings. The van der Waals surface area contributed by atoms with Crippen LogP contribution in [0.1, 0.15) is 63.9 Å². The molecular formula is C21H28O3. The Balaban J connectivity index is 1.58. The first-order valence-electron chi connectivity index (χ1n) is 9.81. The van der Waals surface area contributed by atoms with E-state index in [1.165, 1.54) is 51.4 Å². The van der Waals surface area contributed by atoms with Gasteiger partial charge in [0.05, 0.1) is 0 Å². The molecule has 1 saturated heterocycles. The molecule has 1 aromatic carbocycles. The molecule has 3 saturated carbocycles. The van der Waals surface area contributed by atoms with Crippen molar-refractivity contribution in [3.8, 4) is 5.75 Å². The molecule has 4 aliphatic rings. The second kappa shape index (κ2) is 5.22. The number of hydrogen-bond donors (Lipinski definition) is 1. The van der Waals surface area contributed by atoms with Crippen LogP contribution in [0.2, 0.25) is 0 Å². The number of rotatable bonds is 1. The molecule has 5 rings (SSSR count). The standard InChI is InChI=1S/C21H28O3/c1-20(15-7-4-9-17(22)13-15)21(24-23-20)16-8-5-11-19(21)18-10-3-2-6-14(18)12-16/h4,7,9,13-14,16,18-19,22H,2-3,5-6,8,10-12H2,1H3. The number of phenols is 1. The Hall–Kier alpha value is -1.06. The Labute approximate surface area is 144 Å². The highest BCUT2D eigenvalue weighted by Gasteiger charge is 2.73. The molecule has 0 amide bonds. The first kappa shape index (κ1) is 15.2. The highest BCUT2D eigenvalue weighted by molar-refractivity contribution is 5.36. The van der Waals surface area contributed by atoms with Gasteiger partial charge in [0, 0.05) is 0 Å². The summed E-state index contributed by atoms with van der Waals surface area (Å²) in [6.45, 7) is 2.19. The van der Waals surface area contributed by atoms with E-state index in [9.17, 15) is 5.11 Å². The summed E-state index contributed by atoms with van der Waals surface area (Å²) < 4.78 is 0. The second-order valence-electron chi connectivity index (χ2n) is 8.72. The predicted molar refractivity (Wildman–Crippen MR) is 91.3 cm³/mol. The molecule has 3 aliphatic carbocycles. The van der Waals surface area contributed by atoms with E-state index in [0.717, 1.165) is 17.4 Å². The van der Waals surface area contributed by atoms with Crippen molar-refractivity contribution in [3.63, 3.8) is 0 Å². The van der Waals surface area contributed by atoms with E-state index in [1.54, 1.807) is 6.07 Å². The van der Waals surface area contributed by atoms with Crippen LogP contribution in [0.3, 0.4) is 0 Å². The first-order chi connectivity index (χ1) is 11.6. The second-order valence-corrected chi connectivity index (χ2v) is 8.72. The normalized spacial score (nSPS) is 47.0. The van der Waals surface area contributed by atoms with E-state index in [-0.39, 0.29) is 5.60 Å². The maximum absolute atomic E-state index is 9.98. The van der Waals surface area contributed by atoms with Crippen molar-refractivity contribution in [2.45, 2.75) is 69.5 Å². The monoisotopic (exact) mass is 328 g/mol. The SMILES string of the molecule is CC1(c2cccc(O)c2)OOC12C1CCCC2C2CCCCC2C1. The lowest BCUT2D eigenvalue weighted by Gasteiger charge is -2.68. The van der Waals surface area contributed by atoms with Crippen LogP contribution in [-0.2, 0) is 15.4 Å². The average Bonchev–Trinajstić information content (AvgIpc) is 2.59. The molecule has 2 bridgehead atoms. The zero-order valence-corrected chi connectivity index (χ0v) is 14.5. The third kappa shape index (κ3) is 1.80. The zero-order chi connectivity index (χ0) is 16.4. The van der Waals surface area contributed by atoms with Gasteiger partial charge >= 0.3 is 0 Å². The zero-order valence-electron chi connectivity index (χ0n) is 14.5. The van der Waals surface area contributed by atoms with E-state index in [0.29, 0.717) is 17.6 Å². The van der Waals surface area contributed by atoms with Gasteiger partial charge in [0.15, 0.2) is 5.60 Å². The summed E-state index contributed by atoms with van der Waals surface area (Å²) in [5, 5.41) is 9.98. The molecule has 6 atom stereocenters. The van der Waals surface area contributed by atoms with E-state index in [2.05, 4.69) is 13.0 Å². The molecule has 3 nitrogen and oxygen atoms in total. The molecule has 1 spiro atoms. The Bertz CT molecular complexity index is 644. The first-order valence-corrected chi connectivity index (χ1v) is 9.81. The number of aromatic hydroxyl groups is 1. The predicted octanol–water partition coefficient (Wildman–Crippen LogP) is 4.93. The summed E-state index contributed by atoms with van der Waals surface area (Å²) in [5.41, 5.74) is 0.460. The topological polar surface area (TPSA) is 38.7 Å². The third-order valence-electron chi connectivity index (χ3n) is 7.79. The molecule has 130 valence electrons. The van der Waals surface area contributed by atoms with Gasteiger partial charge in [0.2, 0.25) is 0 Å². The van der Waals surface area contributed by atoms with Crippen LogP contribution in [-0.4, -0.2) is 10.7 Å². The Kier molecular flexibility index (Phi) is 3.31. The molecule has 6 unspecified atom stereocenters. The van der Waals surface area contributed by atoms with Crippen LogP contribution in [0.4, 0.5) is 0 Å². The van der Waals surface area contributed by atoms with Gasteiger partial charge in [-0.05, 0) is 74.0 Å². The molecule has 0 radical (unpaired) electrons. The fourth-order valence-electron chi connectivity index (χ4n) is 6.78. The lowest BCUT2D eigenvalue weighted by atomic mass is 9.46.